The Morgan fingerprint density at radius 3 is 2.29 bits per heavy atom. The Morgan fingerprint density at radius 1 is 0.742 bits per heavy atom. The summed E-state index contributed by atoms with van der Waals surface area (Å²) in [6, 6.07) is 26.1. The molecule has 3 aromatic heterocycles. The third-order valence-corrected chi connectivity index (χ3v) is 6.04. The summed E-state index contributed by atoms with van der Waals surface area (Å²) in [7, 11) is 1.97. The third-order valence-electron chi connectivity index (χ3n) is 6.04. The molecule has 5 heteroatoms. The summed E-state index contributed by atoms with van der Waals surface area (Å²) in [6.45, 7) is 0. The maximum atomic E-state index is 13.5. The fourth-order valence-corrected chi connectivity index (χ4v) is 4.50. The zero-order valence-corrected chi connectivity index (χ0v) is 17.1. The predicted molar refractivity (Wildman–Crippen MR) is 125 cm³/mol. The molecule has 0 aliphatic heterocycles. The molecule has 0 saturated carbocycles. The van der Waals surface area contributed by atoms with E-state index in [1.165, 1.54) is 5.56 Å². The second-order valence-electron chi connectivity index (χ2n) is 7.88. The van der Waals surface area contributed by atoms with Gasteiger partial charge in [-0.25, -0.2) is 9.97 Å². The van der Waals surface area contributed by atoms with Crippen molar-refractivity contribution in [2.24, 2.45) is 7.05 Å². The van der Waals surface area contributed by atoms with Crippen molar-refractivity contribution in [1.29, 1.82) is 0 Å². The summed E-state index contributed by atoms with van der Waals surface area (Å²) in [5, 5.41) is 1.26. The molecule has 6 rings (SSSR count). The molecule has 0 spiro atoms. The van der Waals surface area contributed by atoms with Crippen LogP contribution < -0.4 is 5.43 Å². The first-order chi connectivity index (χ1) is 15.2. The molecule has 3 heterocycles. The van der Waals surface area contributed by atoms with Crippen molar-refractivity contribution in [2.75, 3.05) is 0 Å². The molecule has 5 nitrogen and oxygen atoms in total. The molecular weight excluding hydrogens is 384 g/mol. The van der Waals surface area contributed by atoms with Crippen LogP contribution in [-0.4, -0.2) is 18.9 Å². The van der Waals surface area contributed by atoms with E-state index in [4.69, 9.17) is 9.97 Å². The number of hydrogen-bond acceptors (Lipinski definition) is 3. The van der Waals surface area contributed by atoms with Gasteiger partial charge in [-0.15, -0.1) is 0 Å². The average Bonchev–Trinajstić information content (AvgIpc) is 3.21. The topological polar surface area (TPSA) is 52.2 Å². The summed E-state index contributed by atoms with van der Waals surface area (Å²) in [5.74, 6) is 0.908. The molecule has 0 aliphatic rings. The van der Waals surface area contributed by atoms with E-state index < -0.39 is 0 Å². The first kappa shape index (κ1) is 17.8. The molecule has 31 heavy (non-hydrogen) atoms. The Morgan fingerprint density at radius 2 is 1.45 bits per heavy atom. The highest BCUT2D eigenvalue weighted by molar-refractivity contribution is 6.01. The number of aromatic nitrogens is 4. The molecule has 0 fully saturated rings. The first-order valence-corrected chi connectivity index (χ1v) is 10.4. The fraction of sp³-hybridized carbons (Fsp3) is 0.115. The number of aryl methyl sites for hydroxylation is 3. The Bertz CT molecular complexity index is 1660. The summed E-state index contributed by atoms with van der Waals surface area (Å²) in [5.41, 5.74) is 5.32. The lowest BCUT2D eigenvalue weighted by Crippen LogP contribution is -2.15. The molecule has 0 aliphatic carbocycles. The Kier molecular flexibility index (Phi) is 3.90. The normalized spacial score (nSPS) is 11.8. The fourth-order valence-electron chi connectivity index (χ4n) is 4.50. The molecule has 0 radical (unpaired) electrons. The predicted octanol–water partition coefficient (Wildman–Crippen LogP) is 4.67. The second-order valence-corrected chi connectivity index (χ2v) is 7.88. The summed E-state index contributed by atoms with van der Waals surface area (Å²) < 4.78 is 4.08. The van der Waals surface area contributed by atoms with Crippen LogP contribution >= 0.6 is 0 Å². The van der Waals surface area contributed by atoms with Gasteiger partial charge in [-0.3, -0.25) is 9.20 Å². The molecule has 150 valence electrons. The zero-order chi connectivity index (χ0) is 20.9. The van der Waals surface area contributed by atoms with Crippen molar-refractivity contribution in [3.05, 3.63) is 100 Å². The largest absolute Gasteiger partial charge is 0.328 e. The summed E-state index contributed by atoms with van der Waals surface area (Å²) in [4.78, 5) is 23.4. The lowest BCUT2D eigenvalue weighted by atomic mass is 10.1. The smallest absolute Gasteiger partial charge is 0.202 e. The minimum absolute atomic E-state index is 0.0221. The van der Waals surface area contributed by atoms with Crippen LogP contribution in [0.25, 0.3) is 38.6 Å². The van der Waals surface area contributed by atoms with Gasteiger partial charge in [0.1, 0.15) is 16.9 Å². The van der Waals surface area contributed by atoms with E-state index in [0.717, 1.165) is 35.2 Å². The lowest BCUT2D eigenvalue weighted by Gasteiger charge is -2.13. The summed E-state index contributed by atoms with van der Waals surface area (Å²) >= 11 is 0. The van der Waals surface area contributed by atoms with Gasteiger partial charge in [0, 0.05) is 18.9 Å². The van der Waals surface area contributed by atoms with Gasteiger partial charge in [0.15, 0.2) is 5.65 Å². The number of nitrogens with zero attached hydrogens (tertiary/aromatic N) is 4. The van der Waals surface area contributed by atoms with Gasteiger partial charge in [0.25, 0.3) is 0 Å². The Balaban J connectivity index is 1.72. The number of benzene rings is 3. The third kappa shape index (κ3) is 2.66. The zero-order valence-electron chi connectivity index (χ0n) is 17.1. The number of imidazole rings is 1. The van der Waals surface area contributed by atoms with Crippen LogP contribution in [0.1, 0.15) is 11.4 Å². The van der Waals surface area contributed by atoms with Gasteiger partial charge in [-0.1, -0.05) is 54.6 Å². The quantitative estimate of drug-likeness (QED) is 0.403. The van der Waals surface area contributed by atoms with E-state index in [1.54, 1.807) is 0 Å². The summed E-state index contributed by atoms with van der Waals surface area (Å²) in [6.07, 6.45) is 1.61. The molecule has 0 saturated heterocycles. The number of pyridine rings is 1. The highest BCUT2D eigenvalue weighted by Gasteiger charge is 2.19. The lowest BCUT2D eigenvalue weighted by molar-refractivity contribution is 0.837. The number of hydrogen-bond donors (Lipinski definition) is 0. The van der Waals surface area contributed by atoms with Crippen LogP contribution in [-0.2, 0) is 19.9 Å². The molecule has 0 atom stereocenters. The average molecular weight is 404 g/mol. The number of fused-ring (bicyclic) bond motifs is 6. The van der Waals surface area contributed by atoms with Crippen molar-refractivity contribution in [1.82, 2.24) is 18.9 Å². The van der Waals surface area contributed by atoms with Crippen LogP contribution in [0.2, 0.25) is 0 Å². The molecule has 0 bridgehead atoms. The van der Waals surface area contributed by atoms with Crippen molar-refractivity contribution in [3.63, 3.8) is 0 Å². The molecule has 0 unspecified atom stereocenters. The molecule has 6 aromatic rings. The van der Waals surface area contributed by atoms with Crippen LogP contribution in [0.15, 0.2) is 83.7 Å². The van der Waals surface area contributed by atoms with E-state index >= 15 is 0 Å². The van der Waals surface area contributed by atoms with Crippen molar-refractivity contribution < 1.29 is 0 Å². The Labute approximate surface area is 178 Å². The van der Waals surface area contributed by atoms with Crippen LogP contribution in [0.5, 0.6) is 0 Å². The van der Waals surface area contributed by atoms with Gasteiger partial charge >= 0.3 is 0 Å². The van der Waals surface area contributed by atoms with Crippen molar-refractivity contribution in [3.8, 4) is 0 Å². The second kappa shape index (κ2) is 6.77. The molecule has 3 aromatic carbocycles. The van der Waals surface area contributed by atoms with E-state index in [-0.39, 0.29) is 5.43 Å². The van der Waals surface area contributed by atoms with Crippen LogP contribution in [0, 0.1) is 0 Å². The van der Waals surface area contributed by atoms with Gasteiger partial charge in [0.05, 0.1) is 16.6 Å². The highest BCUT2D eigenvalue weighted by atomic mass is 16.1. The van der Waals surface area contributed by atoms with Crippen LogP contribution in [0.4, 0.5) is 0 Å². The van der Waals surface area contributed by atoms with Gasteiger partial charge in [-0.05, 0) is 36.2 Å². The first-order valence-electron chi connectivity index (χ1n) is 10.4. The molecular formula is C26H20N4O. The molecule has 0 amide bonds. The van der Waals surface area contributed by atoms with Crippen molar-refractivity contribution >= 4 is 38.6 Å². The Hall–Kier alpha value is -3.99. The van der Waals surface area contributed by atoms with Crippen LogP contribution in [0.3, 0.4) is 0 Å². The van der Waals surface area contributed by atoms with E-state index in [0.29, 0.717) is 22.1 Å². The van der Waals surface area contributed by atoms with E-state index in [1.807, 2.05) is 66.2 Å². The molecule has 0 N–H and O–H groups in total. The minimum Gasteiger partial charge on any atom is -0.328 e. The van der Waals surface area contributed by atoms with Crippen molar-refractivity contribution in [2.45, 2.75) is 12.8 Å². The van der Waals surface area contributed by atoms with E-state index in [2.05, 4.69) is 28.7 Å². The van der Waals surface area contributed by atoms with Gasteiger partial charge in [-0.2, -0.15) is 0 Å². The highest BCUT2D eigenvalue weighted by Crippen LogP contribution is 2.25. The number of rotatable bonds is 3. The maximum absolute atomic E-state index is 13.5. The SMILES string of the molecule is Cn1c2ccccc2c(=O)c2c1nc(CCc1ccccc1)n1c3ccccc3nc21. The van der Waals surface area contributed by atoms with E-state index in [9.17, 15) is 4.79 Å². The van der Waals surface area contributed by atoms with Gasteiger partial charge in [0.2, 0.25) is 5.43 Å². The monoisotopic (exact) mass is 404 g/mol. The maximum Gasteiger partial charge on any atom is 0.202 e. The standard InChI is InChI=1S/C26H20N4O/c1-29-20-13-7-5-11-18(20)24(31)23-25(29)28-22(16-15-17-9-3-2-4-10-17)30-21-14-8-6-12-19(21)27-26(23)30/h2-14H,15-16H2,1H3. The minimum atomic E-state index is -0.0221. The number of para-hydroxylation sites is 3. The van der Waals surface area contributed by atoms with Gasteiger partial charge < -0.3 is 4.57 Å².